The first-order valence-corrected chi connectivity index (χ1v) is 17.7. The van der Waals surface area contributed by atoms with Crippen molar-refractivity contribution in [2.45, 2.75) is 99.1 Å². The normalized spacial score (nSPS) is 13.7. The molecule has 2 unspecified atom stereocenters. The van der Waals surface area contributed by atoms with Gasteiger partial charge in [0.1, 0.15) is 17.5 Å². The number of allylic oxidation sites excluding steroid dienone is 4. The highest BCUT2D eigenvalue weighted by Gasteiger charge is 2.26. The van der Waals surface area contributed by atoms with Crippen LogP contribution in [0.1, 0.15) is 88.1 Å². The average molecular weight is 687 g/mol. The van der Waals surface area contributed by atoms with Gasteiger partial charge in [-0.1, -0.05) is 45.9 Å². The second-order valence-corrected chi connectivity index (χ2v) is 15.8. The fourth-order valence-electron chi connectivity index (χ4n) is 3.66. The van der Waals surface area contributed by atoms with Crippen molar-refractivity contribution in [3.63, 3.8) is 0 Å². The Morgan fingerprint density at radius 3 is 2.17 bits per heavy atom. The maximum atomic E-state index is 12.9. The number of aromatic nitrogens is 2. The van der Waals surface area contributed by atoms with Crippen LogP contribution in [0.25, 0.3) is 5.57 Å². The van der Waals surface area contributed by atoms with Crippen LogP contribution < -0.4 is 16.0 Å². The number of hydrogen-bond acceptors (Lipinski definition) is 10. The van der Waals surface area contributed by atoms with Crippen molar-refractivity contribution in [1.82, 2.24) is 15.3 Å². The smallest absolute Gasteiger partial charge is 0.442 e. The molecule has 0 spiro atoms. The molecule has 0 bridgehead atoms. The average Bonchev–Trinajstić information content (AvgIpc) is 2.93. The predicted octanol–water partition coefficient (Wildman–Crippen LogP) is 7.51. The number of anilines is 3. The van der Waals surface area contributed by atoms with E-state index in [0.29, 0.717) is 28.4 Å². The van der Waals surface area contributed by atoms with Gasteiger partial charge >= 0.3 is 12.1 Å². The highest BCUT2D eigenvalue weighted by Crippen LogP contribution is 2.25. The van der Waals surface area contributed by atoms with Crippen molar-refractivity contribution >= 4 is 50.7 Å². The summed E-state index contributed by atoms with van der Waals surface area (Å²) >= 11 is 0. The summed E-state index contributed by atoms with van der Waals surface area (Å²) in [5.74, 6) is -0.0529. The van der Waals surface area contributed by atoms with Crippen LogP contribution >= 0.6 is 0 Å². The van der Waals surface area contributed by atoms with E-state index in [4.69, 9.17) is 9.47 Å². The third kappa shape index (κ3) is 17.1. The van der Waals surface area contributed by atoms with E-state index < -0.39 is 33.4 Å². The topological polar surface area (TPSA) is 161 Å². The highest BCUT2D eigenvalue weighted by molar-refractivity contribution is 7.93. The molecule has 0 aliphatic carbocycles. The summed E-state index contributed by atoms with van der Waals surface area (Å²) < 4.78 is 26.8. The fourth-order valence-corrected chi connectivity index (χ4v) is 4.75. The second kappa shape index (κ2) is 18.9. The second-order valence-electron chi connectivity index (χ2n) is 13.6. The number of benzene rings is 1. The maximum Gasteiger partial charge on any atom is 0.442 e. The Labute approximate surface area is 286 Å². The minimum Gasteiger partial charge on any atom is -0.458 e. The van der Waals surface area contributed by atoms with E-state index in [1.54, 1.807) is 58.2 Å². The molecule has 1 aromatic carbocycles. The molecule has 12 nitrogen and oxygen atoms in total. The van der Waals surface area contributed by atoms with Gasteiger partial charge in [-0.3, -0.25) is 4.79 Å². The van der Waals surface area contributed by atoms with Crippen LogP contribution in [0, 0.1) is 5.41 Å². The summed E-state index contributed by atoms with van der Waals surface area (Å²) in [6.45, 7) is 21.3. The molecule has 2 atom stereocenters. The molecule has 48 heavy (non-hydrogen) atoms. The van der Waals surface area contributed by atoms with E-state index in [0.717, 1.165) is 11.1 Å². The molecular formula is C35H54N6O6S. The summed E-state index contributed by atoms with van der Waals surface area (Å²) in [5.41, 5.74) is 2.08. The monoisotopic (exact) mass is 686 g/mol. The number of nitrogens with one attached hydrogen (secondary N) is 3. The van der Waals surface area contributed by atoms with E-state index in [9.17, 15) is 18.6 Å². The minimum absolute atomic E-state index is 0.139. The molecule has 1 heterocycles. The van der Waals surface area contributed by atoms with E-state index in [1.165, 1.54) is 13.2 Å². The molecule has 1 aromatic heterocycles. The van der Waals surface area contributed by atoms with Crippen molar-refractivity contribution in [2.24, 2.45) is 9.78 Å². The van der Waals surface area contributed by atoms with Crippen molar-refractivity contribution in [3.8, 4) is 0 Å². The lowest BCUT2D eigenvalue weighted by molar-refractivity contribution is -0.158. The van der Waals surface area contributed by atoms with Crippen LogP contribution in [-0.4, -0.2) is 63.2 Å². The fraction of sp³-hybridized carbons (Fsp3) is 0.514. The molecule has 2 amide bonds. The van der Waals surface area contributed by atoms with Gasteiger partial charge in [0.2, 0.25) is 11.9 Å². The van der Waals surface area contributed by atoms with E-state index in [1.807, 2.05) is 32.1 Å². The van der Waals surface area contributed by atoms with Crippen LogP contribution in [0.4, 0.5) is 22.2 Å². The largest absolute Gasteiger partial charge is 0.458 e. The molecule has 2 rings (SSSR count). The minimum atomic E-state index is -2.98. The first kappa shape index (κ1) is 41.8. The zero-order chi connectivity index (χ0) is 36.7. The number of hydrogen-bond donors (Lipinski definition) is 3. The lowest BCUT2D eigenvalue weighted by Crippen LogP contribution is -2.44. The van der Waals surface area contributed by atoms with Crippen LogP contribution in [0.5, 0.6) is 0 Å². The molecule has 0 saturated carbocycles. The van der Waals surface area contributed by atoms with Gasteiger partial charge in [0.25, 0.3) is 0 Å². The maximum absolute atomic E-state index is 12.9. The molecule has 0 saturated heterocycles. The van der Waals surface area contributed by atoms with Gasteiger partial charge in [0.15, 0.2) is 0 Å². The number of amides is 2. The Kier molecular flexibility index (Phi) is 16.5. The Bertz CT molecular complexity index is 1560. The Hall–Kier alpha value is -4.26. The van der Waals surface area contributed by atoms with E-state index in [-0.39, 0.29) is 24.9 Å². The number of carbonyl (C=O) groups is 3. The van der Waals surface area contributed by atoms with Crippen LogP contribution in [0.3, 0.4) is 0 Å². The number of nitrogens with zero attached hydrogens (tertiary/aromatic N) is 3. The van der Waals surface area contributed by atoms with Gasteiger partial charge in [-0.25, -0.2) is 18.8 Å². The van der Waals surface area contributed by atoms with Crippen molar-refractivity contribution in [3.05, 3.63) is 54.3 Å². The standard InChI is InChI=1S/C30H42N6O6S.C5H12/c1-9-11-12-20(3)24-19-32-28(34-22-13-15-23(16-14-22)43(8,40)36-29(39)41-10-2)35-26(24)31-18-17-25(33-21(4)37)27(38)42-30(5,6)7;1-5(2,3)4/h9,11-16,19,25H,10,17-18H2,1-8H3,(H,33,37)(H2,31,32,34,35);1-4H3/b11-9-,20-12+;. The summed E-state index contributed by atoms with van der Waals surface area (Å²) in [6, 6.07) is 5.72. The van der Waals surface area contributed by atoms with Crippen molar-refractivity contribution < 1.29 is 28.1 Å². The third-order valence-electron chi connectivity index (χ3n) is 5.61. The molecule has 0 fully saturated rings. The summed E-state index contributed by atoms with van der Waals surface area (Å²) in [5, 5.41) is 9.04. The number of ether oxygens (including phenoxy) is 2. The van der Waals surface area contributed by atoms with Crippen molar-refractivity contribution in [1.29, 1.82) is 0 Å². The zero-order valence-corrected chi connectivity index (χ0v) is 31.3. The molecular weight excluding hydrogens is 632 g/mol. The molecule has 13 heteroatoms. The quantitative estimate of drug-likeness (QED) is 0.150. The van der Waals surface area contributed by atoms with Gasteiger partial charge in [-0.2, -0.15) is 4.98 Å². The summed E-state index contributed by atoms with van der Waals surface area (Å²) in [7, 11) is -2.98. The molecule has 0 aliphatic heterocycles. The van der Waals surface area contributed by atoms with Gasteiger partial charge in [-0.15, -0.1) is 4.36 Å². The Morgan fingerprint density at radius 2 is 1.65 bits per heavy atom. The van der Waals surface area contributed by atoms with Gasteiger partial charge in [-0.05, 0) is 83.2 Å². The van der Waals surface area contributed by atoms with E-state index >= 15 is 0 Å². The highest BCUT2D eigenvalue weighted by atomic mass is 32.2. The molecule has 3 N–H and O–H groups in total. The number of carbonyl (C=O) groups excluding carboxylic acids is 3. The van der Waals surface area contributed by atoms with Crippen molar-refractivity contribution in [2.75, 3.05) is 30.0 Å². The lowest BCUT2D eigenvalue weighted by atomic mass is 10.0. The first-order valence-electron chi connectivity index (χ1n) is 15.8. The van der Waals surface area contributed by atoms with Crippen LogP contribution in [-0.2, 0) is 28.8 Å². The molecule has 0 aliphatic rings. The van der Waals surface area contributed by atoms with Crippen LogP contribution in [0.15, 0.2) is 57.9 Å². The number of esters is 1. The van der Waals surface area contributed by atoms with E-state index in [2.05, 4.69) is 58.0 Å². The summed E-state index contributed by atoms with van der Waals surface area (Å²) in [6.07, 6.45) is 8.17. The molecule has 266 valence electrons. The van der Waals surface area contributed by atoms with Crippen LogP contribution in [0.2, 0.25) is 0 Å². The predicted molar refractivity (Wildman–Crippen MR) is 194 cm³/mol. The lowest BCUT2D eigenvalue weighted by Gasteiger charge is -2.24. The van der Waals surface area contributed by atoms with Gasteiger partial charge in [0, 0.05) is 42.1 Å². The van der Waals surface area contributed by atoms with Gasteiger partial charge < -0.3 is 25.4 Å². The first-order chi connectivity index (χ1) is 22.1. The van der Waals surface area contributed by atoms with Gasteiger partial charge in [0.05, 0.1) is 16.3 Å². The Balaban J connectivity index is 0.00000213. The third-order valence-corrected chi connectivity index (χ3v) is 7.26. The summed E-state index contributed by atoms with van der Waals surface area (Å²) in [4.78, 5) is 45.6. The number of rotatable bonds is 12. The SMILES string of the molecule is C/C=C\C=C(/C)c1cnc(Nc2ccc(S(C)(=O)=NC(=O)OCC)cc2)nc1NCCC(NC(C)=O)C(=O)OC(C)(C)C.CC(C)(C)C. The zero-order valence-electron chi connectivity index (χ0n) is 30.5. The molecule has 0 radical (unpaired) electrons. The molecule has 2 aromatic rings. The Morgan fingerprint density at radius 1 is 1.04 bits per heavy atom.